The summed E-state index contributed by atoms with van der Waals surface area (Å²) >= 11 is 5.68. The third kappa shape index (κ3) is 3.59. The number of carbonyl (C=O) groups is 1. The SMILES string of the molecule is O=C1OC(CCC(F)(F)F)c2c(Oc3ncc(Cl)cn3)cccc21. The number of carbonyl (C=O) groups excluding carboxylic acids is 1. The second-order valence-electron chi connectivity index (χ2n) is 5.05. The molecule has 1 aromatic carbocycles. The van der Waals surface area contributed by atoms with Gasteiger partial charge in [-0.1, -0.05) is 17.7 Å². The molecule has 2 aromatic rings. The third-order valence-corrected chi connectivity index (χ3v) is 3.54. The maximum Gasteiger partial charge on any atom is 0.389 e. The van der Waals surface area contributed by atoms with Crippen molar-refractivity contribution >= 4 is 17.6 Å². The summed E-state index contributed by atoms with van der Waals surface area (Å²) in [7, 11) is 0. The van der Waals surface area contributed by atoms with Gasteiger partial charge in [-0.05, 0) is 18.6 Å². The number of aromatic nitrogens is 2. The predicted octanol–water partition coefficient (Wildman–Crippen LogP) is 4.48. The van der Waals surface area contributed by atoms with Gasteiger partial charge in [0, 0.05) is 12.0 Å². The lowest BCUT2D eigenvalue weighted by Crippen LogP contribution is -2.10. The van der Waals surface area contributed by atoms with Gasteiger partial charge in [0.2, 0.25) is 0 Å². The fourth-order valence-electron chi connectivity index (χ4n) is 2.34. The zero-order chi connectivity index (χ0) is 17.3. The number of hydrogen-bond acceptors (Lipinski definition) is 5. The molecule has 0 radical (unpaired) electrons. The molecule has 0 saturated carbocycles. The highest BCUT2D eigenvalue weighted by molar-refractivity contribution is 6.30. The monoisotopic (exact) mass is 358 g/mol. The van der Waals surface area contributed by atoms with Gasteiger partial charge in [-0.3, -0.25) is 0 Å². The van der Waals surface area contributed by atoms with Crippen LogP contribution in [0.1, 0.15) is 34.9 Å². The van der Waals surface area contributed by atoms with E-state index in [1.807, 2.05) is 0 Å². The third-order valence-electron chi connectivity index (χ3n) is 3.35. The highest BCUT2D eigenvalue weighted by atomic mass is 35.5. The Kier molecular flexibility index (Phi) is 4.31. The molecule has 0 bridgehead atoms. The molecule has 0 amide bonds. The highest BCUT2D eigenvalue weighted by Crippen LogP contribution is 2.42. The lowest BCUT2D eigenvalue weighted by molar-refractivity contribution is -0.140. The molecule has 0 spiro atoms. The quantitative estimate of drug-likeness (QED) is 0.754. The molecule has 126 valence electrons. The Morgan fingerprint density at radius 3 is 2.62 bits per heavy atom. The van der Waals surface area contributed by atoms with E-state index in [0.29, 0.717) is 5.02 Å². The average molecular weight is 359 g/mol. The van der Waals surface area contributed by atoms with Crippen LogP contribution in [0.15, 0.2) is 30.6 Å². The standard InChI is InChI=1S/C15H10ClF3N2O3/c16-8-6-20-14(21-7-8)24-10-3-1-2-9-12(10)11(23-13(9)22)4-5-15(17,18)19/h1-3,6-7,11H,4-5H2. The molecular formula is C15H10ClF3N2O3. The van der Waals surface area contributed by atoms with Crippen LogP contribution < -0.4 is 4.74 Å². The van der Waals surface area contributed by atoms with E-state index in [2.05, 4.69) is 9.97 Å². The van der Waals surface area contributed by atoms with Crippen molar-refractivity contribution in [2.45, 2.75) is 25.1 Å². The summed E-state index contributed by atoms with van der Waals surface area (Å²) < 4.78 is 47.9. The van der Waals surface area contributed by atoms with E-state index in [1.54, 1.807) is 0 Å². The molecule has 5 nitrogen and oxygen atoms in total. The lowest BCUT2D eigenvalue weighted by atomic mass is 10.0. The Hall–Kier alpha value is -2.35. The largest absolute Gasteiger partial charge is 0.454 e. The normalized spacial score (nSPS) is 16.7. The van der Waals surface area contributed by atoms with E-state index >= 15 is 0 Å². The van der Waals surface area contributed by atoms with Gasteiger partial charge in [0.25, 0.3) is 0 Å². The van der Waals surface area contributed by atoms with Crippen molar-refractivity contribution in [3.05, 3.63) is 46.7 Å². The average Bonchev–Trinajstić information content (AvgIpc) is 2.85. The summed E-state index contributed by atoms with van der Waals surface area (Å²) in [6.07, 6.45) is -4.20. The molecule has 2 heterocycles. The first-order valence-corrected chi connectivity index (χ1v) is 7.27. The summed E-state index contributed by atoms with van der Waals surface area (Å²) in [6.45, 7) is 0. The van der Waals surface area contributed by atoms with Crippen LogP contribution >= 0.6 is 11.6 Å². The number of alkyl halides is 3. The number of fused-ring (bicyclic) bond motifs is 1. The molecule has 1 atom stereocenters. The molecule has 0 fully saturated rings. The summed E-state index contributed by atoms with van der Waals surface area (Å²) in [4.78, 5) is 19.6. The highest BCUT2D eigenvalue weighted by Gasteiger charge is 2.37. The Labute approximate surface area is 139 Å². The Balaban J connectivity index is 1.89. The molecule has 1 aliphatic heterocycles. The van der Waals surface area contributed by atoms with Crippen molar-refractivity contribution in [3.63, 3.8) is 0 Å². The van der Waals surface area contributed by atoms with E-state index in [0.717, 1.165) is 0 Å². The maximum atomic E-state index is 12.5. The minimum atomic E-state index is -4.34. The topological polar surface area (TPSA) is 61.3 Å². The number of hydrogen-bond donors (Lipinski definition) is 0. The van der Waals surface area contributed by atoms with Gasteiger partial charge in [0.1, 0.15) is 11.9 Å². The van der Waals surface area contributed by atoms with Crippen LogP contribution in [0, 0.1) is 0 Å². The summed E-state index contributed by atoms with van der Waals surface area (Å²) in [5, 5.41) is 0.308. The van der Waals surface area contributed by atoms with Gasteiger partial charge in [-0.25, -0.2) is 14.8 Å². The van der Waals surface area contributed by atoms with Crippen molar-refractivity contribution in [1.29, 1.82) is 0 Å². The maximum absolute atomic E-state index is 12.5. The molecule has 0 aliphatic carbocycles. The molecule has 0 N–H and O–H groups in total. The van der Waals surface area contributed by atoms with Gasteiger partial charge in [0.05, 0.1) is 23.0 Å². The number of esters is 1. The van der Waals surface area contributed by atoms with Crippen molar-refractivity contribution in [2.24, 2.45) is 0 Å². The van der Waals surface area contributed by atoms with Crippen LogP contribution in [0.2, 0.25) is 5.02 Å². The first-order chi connectivity index (χ1) is 11.3. The fourth-order valence-corrected chi connectivity index (χ4v) is 2.44. The Morgan fingerprint density at radius 2 is 1.96 bits per heavy atom. The van der Waals surface area contributed by atoms with Crippen LogP contribution in [0.3, 0.4) is 0 Å². The van der Waals surface area contributed by atoms with Gasteiger partial charge >= 0.3 is 18.2 Å². The molecule has 1 aliphatic rings. The van der Waals surface area contributed by atoms with E-state index in [1.165, 1.54) is 30.6 Å². The lowest BCUT2D eigenvalue weighted by Gasteiger charge is -2.15. The van der Waals surface area contributed by atoms with E-state index in [4.69, 9.17) is 21.1 Å². The minimum absolute atomic E-state index is 0.0401. The Bertz CT molecular complexity index is 766. The van der Waals surface area contributed by atoms with E-state index in [-0.39, 0.29) is 29.3 Å². The predicted molar refractivity (Wildman–Crippen MR) is 77.0 cm³/mol. The summed E-state index contributed by atoms with van der Waals surface area (Å²) in [5.74, 6) is -0.507. The van der Waals surface area contributed by atoms with Crippen LogP contribution in [0.5, 0.6) is 11.8 Å². The summed E-state index contributed by atoms with van der Waals surface area (Å²) in [6, 6.07) is 4.49. The van der Waals surface area contributed by atoms with Gasteiger partial charge in [0.15, 0.2) is 0 Å². The number of ether oxygens (including phenoxy) is 2. The van der Waals surface area contributed by atoms with Crippen LogP contribution in [0.25, 0.3) is 0 Å². The molecule has 24 heavy (non-hydrogen) atoms. The molecule has 9 heteroatoms. The van der Waals surface area contributed by atoms with Gasteiger partial charge in [-0.15, -0.1) is 0 Å². The molecule has 1 unspecified atom stereocenters. The van der Waals surface area contributed by atoms with Crippen molar-refractivity contribution < 1.29 is 27.4 Å². The van der Waals surface area contributed by atoms with Crippen molar-refractivity contribution in [3.8, 4) is 11.8 Å². The first-order valence-electron chi connectivity index (χ1n) is 6.89. The number of cyclic esters (lactones) is 1. The van der Waals surface area contributed by atoms with Crippen molar-refractivity contribution in [1.82, 2.24) is 9.97 Å². The second kappa shape index (κ2) is 6.27. The van der Waals surface area contributed by atoms with Crippen LogP contribution in [0.4, 0.5) is 13.2 Å². The first kappa shape index (κ1) is 16.5. The van der Waals surface area contributed by atoms with Crippen LogP contribution in [-0.2, 0) is 4.74 Å². The molecule has 1 aromatic heterocycles. The molecule has 0 saturated heterocycles. The van der Waals surface area contributed by atoms with Crippen molar-refractivity contribution in [2.75, 3.05) is 0 Å². The smallest absolute Gasteiger partial charge is 0.389 e. The zero-order valence-electron chi connectivity index (χ0n) is 12.0. The zero-order valence-corrected chi connectivity index (χ0v) is 12.8. The minimum Gasteiger partial charge on any atom is -0.454 e. The van der Waals surface area contributed by atoms with Crippen LogP contribution in [-0.4, -0.2) is 22.1 Å². The number of nitrogens with zero attached hydrogens (tertiary/aromatic N) is 2. The van der Waals surface area contributed by atoms with E-state index in [9.17, 15) is 18.0 Å². The fraction of sp³-hybridized carbons (Fsp3) is 0.267. The van der Waals surface area contributed by atoms with Gasteiger partial charge in [-0.2, -0.15) is 13.2 Å². The number of benzene rings is 1. The number of rotatable bonds is 4. The second-order valence-corrected chi connectivity index (χ2v) is 5.49. The molecule has 3 rings (SSSR count). The Morgan fingerprint density at radius 1 is 1.25 bits per heavy atom. The van der Waals surface area contributed by atoms with E-state index < -0.39 is 24.7 Å². The summed E-state index contributed by atoms with van der Waals surface area (Å²) in [5.41, 5.74) is 0.443. The number of halogens is 4. The molecular weight excluding hydrogens is 349 g/mol. The van der Waals surface area contributed by atoms with Gasteiger partial charge < -0.3 is 9.47 Å².